The predicted octanol–water partition coefficient (Wildman–Crippen LogP) is 3.62. The lowest BCUT2D eigenvalue weighted by atomic mass is 9.96. The van der Waals surface area contributed by atoms with Crippen molar-refractivity contribution in [2.45, 2.75) is 39.3 Å². The number of para-hydroxylation sites is 1. The summed E-state index contributed by atoms with van der Waals surface area (Å²) in [6.45, 7) is 6.18. The first-order chi connectivity index (χ1) is 15.8. The van der Waals surface area contributed by atoms with Gasteiger partial charge in [0.2, 0.25) is 0 Å². The molecule has 0 bridgehead atoms. The fourth-order valence-electron chi connectivity index (χ4n) is 4.94. The smallest absolute Gasteiger partial charge is 0.278 e. The van der Waals surface area contributed by atoms with Gasteiger partial charge in [0.25, 0.3) is 11.8 Å². The van der Waals surface area contributed by atoms with E-state index >= 15 is 0 Å². The third-order valence-electron chi connectivity index (χ3n) is 6.90. The van der Waals surface area contributed by atoms with Crippen LogP contribution >= 0.6 is 0 Å². The van der Waals surface area contributed by atoms with Crippen molar-refractivity contribution in [1.29, 1.82) is 0 Å². The van der Waals surface area contributed by atoms with Crippen molar-refractivity contribution in [2.24, 2.45) is 0 Å². The largest absolute Gasteiger partial charge is 0.496 e. The minimum atomic E-state index is -0.243. The molecular formula is C27H33N3O3. The van der Waals surface area contributed by atoms with Gasteiger partial charge in [-0.05, 0) is 64.0 Å². The maximum atomic E-state index is 13.8. The van der Waals surface area contributed by atoms with E-state index in [1.54, 1.807) is 7.11 Å². The second kappa shape index (κ2) is 9.40. The topological polar surface area (TPSA) is 53.1 Å². The van der Waals surface area contributed by atoms with Crippen molar-refractivity contribution in [2.75, 3.05) is 34.3 Å². The maximum Gasteiger partial charge on any atom is 0.278 e. The van der Waals surface area contributed by atoms with Crippen molar-refractivity contribution in [3.05, 3.63) is 70.4 Å². The number of piperidine rings is 1. The summed E-state index contributed by atoms with van der Waals surface area (Å²) in [4.78, 5) is 33.3. The number of carbonyl (C=O) groups is 2. The second-order valence-corrected chi connectivity index (χ2v) is 9.20. The van der Waals surface area contributed by atoms with Crippen molar-refractivity contribution in [3.63, 3.8) is 0 Å². The number of nitrogens with zero attached hydrogens (tertiary/aromatic N) is 3. The number of aryl methyl sites for hydroxylation is 2. The van der Waals surface area contributed by atoms with E-state index in [2.05, 4.69) is 22.9 Å². The van der Waals surface area contributed by atoms with Crippen LogP contribution in [0.25, 0.3) is 5.57 Å². The van der Waals surface area contributed by atoms with Crippen molar-refractivity contribution < 1.29 is 14.3 Å². The molecule has 0 radical (unpaired) electrons. The van der Waals surface area contributed by atoms with E-state index in [9.17, 15) is 9.59 Å². The molecule has 0 saturated carbocycles. The molecule has 2 aromatic carbocycles. The van der Waals surface area contributed by atoms with Crippen LogP contribution in [-0.4, -0.2) is 66.9 Å². The Morgan fingerprint density at radius 2 is 1.73 bits per heavy atom. The lowest BCUT2D eigenvalue weighted by Gasteiger charge is -2.36. The highest BCUT2D eigenvalue weighted by atomic mass is 16.5. The van der Waals surface area contributed by atoms with Crippen LogP contribution in [0.2, 0.25) is 0 Å². The fourth-order valence-corrected chi connectivity index (χ4v) is 4.94. The Morgan fingerprint density at radius 3 is 2.39 bits per heavy atom. The van der Waals surface area contributed by atoms with E-state index < -0.39 is 0 Å². The molecule has 2 aromatic rings. The Kier molecular flexibility index (Phi) is 6.56. The van der Waals surface area contributed by atoms with Crippen LogP contribution in [0, 0.1) is 13.8 Å². The normalized spacial score (nSPS) is 17.8. The van der Waals surface area contributed by atoms with Crippen LogP contribution in [0.4, 0.5) is 0 Å². The summed E-state index contributed by atoms with van der Waals surface area (Å²) in [5.41, 5.74) is 4.79. The first-order valence-electron chi connectivity index (χ1n) is 11.5. The number of benzene rings is 2. The predicted molar refractivity (Wildman–Crippen MR) is 130 cm³/mol. The highest BCUT2D eigenvalue weighted by Crippen LogP contribution is 2.36. The van der Waals surface area contributed by atoms with Gasteiger partial charge in [0.05, 0.1) is 19.2 Å². The van der Waals surface area contributed by atoms with Crippen LogP contribution < -0.4 is 4.74 Å². The third kappa shape index (κ3) is 4.40. The van der Waals surface area contributed by atoms with E-state index in [0.29, 0.717) is 17.0 Å². The SMILES string of the molecule is COc1ccccc1CN1C(=O)C(c2ccc(C)cc2C)=C(N(C)C2CCN(C)CC2)C1=O. The Balaban J connectivity index is 1.76. The molecule has 0 aliphatic carbocycles. The molecule has 6 nitrogen and oxygen atoms in total. The number of ether oxygens (including phenoxy) is 1. The number of rotatable bonds is 6. The first-order valence-corrected chi connectivity index (χ1v) is 11.5. The van der Waals surface area contributed by atoms with Gasteiger partial charge in [-0.2, -0.15) is 0 Å². The molecule has 6 heteroatoms. The van der Waals surface area contributed by atoms with Crippen LogP contribution in [-0.2, 0) is 16.1 Å². The zero-order valence-electron chi connectivity index (χ0n) is 20.2. The minimum absolute atomic E-state index is 0.181. The van der Waals surface area contributed by atoms with E-state index in [1.165, 1.54) is 4.90 Å². The van der Waals surface area contributed by atoms with Crippen LogP contribution in [0.5, 0.6) is 5.75 Å². The van der Waals surface area contributed by atoms with Crippen molar-refractivity contribution in [1.82, 2.24) is 14.7 Å². The summed E-state index contributed by atoms with van der Waals surface area (Å²) in [6, 6.07) is 13.8. The van der Waals surface area contributed by atoms with Gasteiger partial charge < -0.3 is 14.5 Å². The van der Waals surface area contributed by atoms with Gasteiger partial charge in [0.1, 0.15) is 11.4 Å². The summed E-state index contributed by atoms with van der Waals surface area (Å²) in [6.07, 6.45) is 1.93. The maximum absolute atomic E-state index is 13.8. The summed E-state index contributed by atoms with van der Waals surface area (Å²) in [5.74, 6) is 0.193. The second-order valence-electron chi connectivity index (χ2n) is 9.20. The van der Waals surface area contributed by atoms with Gasteiger partial charge in [0.15, 0.2) is 0 Å². The quantitative estimate of drug-likeness (QED) is 0.633. The van der Waals surface area contributed by atoms with E-state index in [1.807, 2.05) is 57.3 Å². The van der Waals surface area contributed by atoms with Gasteiger partial charge in [-0.3, -0.25) is 14.5 Å². The number of hydrogen-bond donors (Lipinski definition) is 0. The number of amides is 2. The molecule has 4 rings (SSSR count). The minimum Gasteiger partial charge on any atom is -0.496 e. The first kappa shape index (κ1) is 23.1. The summed E-state index contributed by atoms with van der Waals surface area (Å²) >= 11 is 0. The zero-order chi connectivity index (χ0) is 23.7. The van der Waals surface area contributed by atoms with Gasteiger partial charge in [0, 0.05) is 18.7 Å². The van der Waals surface area contributed by atoms with Crippen molar-refractivity contribution >= 4 is 17.4 Å². The van der Waals surface area contributed by atoms with Gasteiger partial charge in [-0.25, -0.2) is 0 Å². The van der Waals surface area contributed by atoms with Gasteiger partial charge in [-0.1, -0.05) is 42.0 Å². The highest BCUT2D eigenvalue weighted by molar-refractivity contribution is 6.35. The molecule has 2 heterocycles. The van der Waals surface area contributed by atoms with Crippen LogP contribution in [0.3, 0.4) is 0 Å². The summed E-state index contributed by atoms with van der Waals surface area (Å²) < 4.78 is 5.47. The molecule has 1 saturated heterocycles. The van der Waals surface area contributed by atoms with Gasteiger partial charge >= 0.3 is 0 Å². The van der Waals surface area contributed by atoms with Crippen molar-refractivity contribution in [3.8, 4) is 5.75 Å². The Morgan fingerprint density at radius 1 is 1.03 bits per heavy atom. The Labute approximate surface area is 196 Å². The molecule has 0 spiro atoms. The Hall–Kier alpha value is -3.12. The molecule has 174 valence electrons. The summed E-state index contributed by atoms with van der Waals surface area (Å²) in [5, 5.41) is 0. The molecule has 0 unspecified atom stereocenters. The number of carbonyl (C=O) groups excluding carboxylic acids is 2. The molecule has 2 aliphatic heterocycles. The van der Waals surface area contributed by atoms with E-state index in [0.717, 1.165) is 48.2 Å². The van der Waals surface area contributed by atoms with Crippen LogP contribution in [0.1, 0.15) is 35.1 Å². The standard InChI is InChI=1S/C27H33N3O3/c1-18-10-11-22(19(2)16-18)24-25(29(4)21-12-14-28(3)15-13-21)27(32)30(26(24)31)17-20-8-6-7-9-23(20)33-5/h6-11,16,21H,12-15,17H2,1-5H3. The van der Waals surface area contributed by atoms with E-state index in [4.69, 9.17) is 4.74 Å². The average Bonchev–Trinajstić information content (AvgIpc) is 3.04. The lowest BCUT2D eigenvalue weighted by Crippen LogP contribution is -2.43. The number of imide groups is 1. The molecule has 0 atom stereocenters. The number of methoxy groups -OCH3 is 1. The van der Waals surface area contributed by atoms with Gasteiger partial charge in [-0.15, -0.1) is 0 Å². The van der Waals surface area contributed by atoms with Crippen LogP contribution in [0.15, 0.2) is 48.2 Å². The molecule has 2 amide bonds. The Bertz CT molecular complexity index is 1100. The lowest BCUT2D eigenvalue weighted by molar-refractivity contribution is -0.138. The third-order valence-corrected chi connectivity index (χ3v) is 6.90. The van der Waals surface area contributed by atoms with E-state index in [-0.39, 0.29) is 24.4 Å². The molecule has 0 N–H and O–H groups in total. The zero-order valence-corrected chi connectivity index (χ0v) is 20.2. The fraction of sp³-hybridized carbons (Fsp3) is 0.407. The average molecular weight is 448 g/mol. The number of hydrogen-bond acceptors (Lipinski definition) is 5. The molecular weight excluding hydrogens is 414 g/mol. The molecule has 2 aliphatic rings. The monoisotopic (exact) mass is 447 g/mol. The number of likely N-dealkylation sites (tertiary alicyclic amines) is 1. The molecule has 1 fully saturated rings. The number of likely N-dealkylation sites (N-methyl/N-ethyl adjacent to an activating group) is 1. The highest BCUT2D eigenvalue weighted by Gasteiger charge is 2.43. The summed E-state index contributed by atoms with van der Waals surface area (Å²) in [7, 11) is 5.69. The molecule has 33 heavy (non-hydrogen) atoms. The molecule has 0 aromatic heterocycles.